The van der Waals surface area contributed by atoms with E-state index in [2.05, 4.69) is 30.7 Å². The van der Waals surface area contributed by atoms with Gasteiger partial charge in [-0.05, 0) is 33.0 Å². The standard InChI is InChI=1S/C14H20Cl2N2O/c1-9-6-18(7-10(2)17(9)3)8-11-4-12(15)5-13(16)14(11)19/h4-5,9-10,19H,6-8H2,1-3H3. The third kappa shape index (κ3) is 3.34. The number of hydrogen-bond donors (Lipinski definition) is 1. The highest BCUT2D eigenvalue weighted by atomic mass is 35.5. The van der Waals surface area contributed by atoms with Crippen molar-refractivity contribution in [2.75, 3.05) is 20.1 Å². The van der Waals surface area contributed by atoms with E-state index in [1.165, 1.54) is 0 Å². The molecule has 0 aliphatic carbocycles. The first-order valence-corrected chi connectivity index (χ1v) is 7.25. The Kier molecular flexibility index (Phi) is 4.62. The van der Waals surface area contributed by atoms with E-state index in [9.17, 15) is 5.11 Å². The molecule has 1 aliphatic heterocycles. The molecule has 3 nitrogen and oxygen atoms in total. The van der Waals surface area contributed by atoms with E-state index >= 15 is 0 Å². The van der Waals surface area contributed by atoms with Gasteiger partial charge < -0.3 is 5.11 Å². The van der Waals surface area contributed by atoms with Crippen molar-refractivity contribution in [2.24, 2.45) is 0 Å². The van der Waals surface area contributed by atoms with Gasteiger partial charge in [-0.1, -0.05) is 23.2 Å². The summed E-state index contributed by atoms with van der Waals surface area (Å²) >= 11 is 12.0. The van der Waals surface area contributed by atoms with Gasteiger partial charge in [0.15, 0.2) is 0 Å². The third-order valence-electron chi connectivity index (χ3n) is 3.94. The summed E-state index contributed by atoms with van der Waals surface area (Å²) in [6.45, 7) is 7.06. The van der Waals surface area contributed by atoms with Crippen LogP contribution < -0.4 is 0 Å². The molecule has 1 aromatic rings. The zero-order chi connectivity index (χ0) is 14.2. The lowest BCUT2D eigenvalue weighted by Gasteiger charge is -2.42. The van der Waals surface area contributed by atoms with Gasteiger partial charge in [-0.3, -0.25) is 9.80 Å². The van der Waals surface area contributed by atoms with Crippen molar-refractivity contribution >= 4 is 23.2 Å². The summed E-state index contributed by atoms with van der Waals surface area (Å²) in [4.78, 5) is 4.71. The second kappa shape index (κ2) is 5.88. The molecule has 5 heteroatoms. The van der Waals surface area contributed by atoms with E-state index in [-0.39, 0.29) is 5.75 Å². The van der Waals surface area contributed by atoms with E-state index < -0.39 is 0 Å². The number of halogens is 2. The predicted octanol–water partition coefficient (Wildman–Crippen LogP) is 3.22. The predicted molar refractivity (Wildman–Crippen MR) is 80.1 cm³/mol. The Bertz CT molecular complexity index is 455. The fraction of sp³-hybridized carbons (Fsp3) is 0.571. The van der Waals surface area contributed by atoms with Crippen molar-refractivity contribution in [2.45, 2.75) is 32.5 Å². The maximum atomic E-state index is 10.0. The van der Waals surface area contributed by atoms with Gasteiger partial charge in [-0.15, -0.1) is 0 Å². The summed E-state index contributed by atoms with van der Waals surface area (Å²) in [7, 11) is 2.15. The van der Waals surface area contributed by atoms with Crippen LogP contribution in [0.2, 0.25) is 10.0 Å². The summed E-state index contributed by atoms with van der Waals surface area (Å²) < 4.78 is 0. The van der Waals surface area contributed by atoms with E-state index in [0.717, 1.165) is 18.7 Å². The molecule has 0 amide bonds. The van der Waals surface area contributed by atoms with Gasteiger partial charge in [-0.25, -0.2) is 0 Å². The lowest BCUT2D eigenvalue weighted by Crippen LogP contribution is -2.54. The average Bonchev–Trinajstić information content (AvgIpc) is 2.32. The first kappa shape index (κ1) is 14.9. The van der Waals surface area contributed by atoms with Crippen molar-refractivity contribution in [3.05, 3.63) is 27.7 Å². The number of likely N-dealkylation sites (N-methyl/N-ethyl adjacent to an activating group) is 1. The molecular formula is C14H20Cl2N2O. The number of rotatable bonds is 2. The largest absolute Gasteiger partial charge is 0.506 e. The van der Waals surface area contributed by atoms with E-state index in [4.69, 9.17) is 23.2 Å². The van der Waals surface area contributed by atoms with Gasteiger partial charge in [0.1, 0.15) is 5.75 Å². The molecule has 1 fully saturated rings. The van der Waals surface area contributed by atoms with Crippen LogP contribution in [0, 0.1) is 0 Å². The minimum Gasteiger partial charge on any atom is -0.506 e. The topological polar surface area (TPSA) is 26.7 Å². The van der Waals surface area contributed by atoms with Gasteiger partial charge in [0.2, 0.25) is 0 Å². The maximum Gasteiger partial charge on any atom is 0.138 e. The number of aromatic hydroxyl groups is 1. The molecule has 1 saturated heterocycles. The average molecular weight is 303 g/mol. The fourth-order valence-electron chi connectivity index (χ4n) is 2.62. The van der Waals surface area contributed by atoms with Crippen LogP contribution in [-0.2, 0) is 6.54 Å². The minimum absolute atomic E-state index is 0.144. The van der Waals surface area contributed by atoms with Crippen LogP contribution in [0.1, 0.15) is 19.4 Å². The summed E-state index contributed by atoms with van der Waals surface area (Å²) in [6, 6.07) is 4.36. The summed E-state index contributed by atoms with van der Waals surface area (Å²) in [6.07, 6.45) is 0. The second-order valence-electron chi connectivity index (χ2n) is 5.45. The number of benzene rings is 1. The molecule has 0 radical (unpaired) electrons. The molecule has 0 bridgehead atoms. The van der Waals surface area contributed by atoms with Crippen LogP contribution in [0.15, 0.2) is 12.1 Å². The molecule has 1 aromatic carbocycles. The van der Waals surface area contributed by atoms with Crippen LogP contribution in [-0.4, -0.2) is 47.1 Å². The molecule has 1 heterocycles. The molecule has 2 rings (SSSR count). The highest BCUT2D eigenvalue weighted by Crippen LogP contribution is 2.32. The van der Waals surface area contributed by atoms with Crippen LogP contribution in [0.25, 0.3) is 0 Å². The molecule has 2 atom stereocenters. The van der Waals surface area contributed by atoms with Crippen molar-refractivity contribution < 1.29 is 5.11 Å². The molecule has 0 saturated carbocycles. The number of phenolic OH excluding ortho intramolecular Hbond substituents is 1. The quantitative estimate of drug-likeness (QED) is 0.909. The van der Waals surface area contributed by atoms with Crippen LogP contribution in [0.5, 0.6) is 5.75 Å². The Labute approximate surface area is 124 Å². The number of hydrogen-bond acceptors (Lipinski definition) is 3. The zero-order valence-electron chi connectivity index (χ0n) is 11.5. The fourth-order valence-corrected chi connectivity index (χ4v) is 3.16. The Hall–Kier alpha value is -0.480. The Morgan fingerprint density at radius 2 is 1.79 bits per heavy atom. The van der Waals surface area contributed by atoms with Crippen LogP contribution in [0.3, 0.4) is 0 Å². The van der Waals surface area contributed by atoms with Gasteiger partial charge >= 0.3 is 0 Å². The highest BCUT2D eigenvalue weighted by Gasteiger charge is 2.27. The lowest BCUT2D eigenvalue weighted by atomic mass is 10.1. The van der Waals surface area contributed by atoms with Crippen LogP contribution >= 0.6 is 23.2 Å². The summed E-state index contributed by atoms with van der Waals surface area (Å²) in [5.74, 6) is 0.144. The summed E-state index contributed by atoms with van der Waals surface area (Å²) in [5, 5.41) is 10.9. The molecule has 1 N–H and O–H groups in total. The van der Waals surface area contributed by atoms with Gasteiger partial charge in [0, 0.05) is 42.3 Å². The second-order valence-corrected chi connectivity index (χ2v) is 6.30. The Morgan fingerprint density at radius 1 is 1.21 bits per heavy atom. The third-order valence-corrected chi connectivity index (χ3v) is 4.44. The van der Waals surface area contributed by atoms with Crippen molar-refractivity contribution in [3.8, 4) is 5.75 Å². The zero-order valence-corrected chi connectivity index (χ0v) is 13.0. The SMILES string of the molecule is CC1CN(Cc2cc(Cl)cc(Cl)c2O)CC(C)N1C. The van der Waals surface area contributed by atoms with Crippen molar-refractivity contribution in [1.29, 1.82) is 0 Å². The van der Waals surface area contributed by atoms with E-state index in [1.54, 1.807) is 12.1 Å². The molecule has 106 valence electrons. The number of piperazine rings is 1. The van der Waals surface area contributed by atoms with Gasteiger partial charge in [0.05, 0.1) is 5.02 Å². The van der Waals surface area contributed by atoms with Gasteiger partial charge in [0.25, 0.3) is 0 Å². The smallest absolute Gasteiger partial charge is 0.138 e. The molecular weight excluding hydrogens is 283 g/mol. The van der Waals surface area contributed by atoms with Crippen LogP contribution in [0.4, 0.5) is 0 Å². The molecule has 0 aromatic heterocycles. The maximum absolute atomic E-state index is 10.0. The molecule has 1 aliphatic rings. The molecule has 2 unspecified atom stereocenters. The monoisotopic (exact) mass is 302 g/mol. The normalized spacial score (nSPS) is 25.7. The molecule has 0 spiro atoms. The summed E-state index contributed by atoms with van der Waals surface area (Å²) in [5.41, 5.74) is 0.793. The van der Waals surface area contributed by atoms with Crippen molar-refractivity contribution in [1.82, 2.24) is 9.80 Å². The van der Waals surface area contributed by atoms with E-state index in [0.29, 0.717) is 28.7 Å². The van der Waals surface area contributed by atoms with Gasteiger partial charge in [-0.2, -0.15) is 0 Å². The molecule has 19 heavy (non-hydrogen) atoms. The minimum atomic E-state index is 0.144. The Balaban J connectivity index is 2.14. The van der Waals surface area contributed by atoms with Crippen molar-refractivity contribution in [3.63, 3.8) is 0 Å². The number of phenols is 1. The number of nitrogens with zero attached hydrogens (tertiary/aromatic N) is 2. The van der Waals surface area contributed by atoms with E-state index in [1.807, 2.05) is 0 Å². The highest BCUT2D eigenvalue weighted by molar-refractivity contribution is 6.35. The first-order chi connectivity index (χ1) is 8.88. The lowest BCUT2D eigenvalue weighted by molar-refractivity contribution is 0.0552. The Morgan fingerprint density at radius 3 is 2.37 bits per heavy atom. The first-order valence-electron chi connectivity index (χ1n) is 6.49.